The summed E-state index contributed by atoms with van der Waals surface area (Å²) in [5.41, 5.74) is 0.901. The molecule has 1 aromatic rings. The fourth-order valence-electron chi connectivity index (χ4n) is 2.75. The van der Waals surface area contributed by atoms with E-state index in [4.69, 9.17) is 23.2 Å². The molecule has 0 aromatic heterocycles. The molecule has 0 saturated carbocycles. The first-order chi connectivity index (χ1) is 9.97. The maximum atomic E-state index is 12.3. The number of amides is 1. The highest BCUT2D eigenvalue weighted by Crippen LogP contribution is 2.23. The topological polar surface area (TPSA) is 23.6 Å². The molecule has 0 N–H and O–H groups in total. The maximum absolute atomic E-state index is 12.3. The second kappa shape index (κ2) is 7.48. The van der Waals surface area contributed by atoms with Crippen LogP contribution in [0.5, 0.6) is 0 Å². The van der Waals surface area contributed by atoms with Crippen molar-refractivity contribution in [2.24, 2.45) is 0 Å². The lowest BCUT2D eigenvalue weighted by Gasteiger charge is -2.35. The molecular weight excluding hydrogens is 307 g/mol. The molecule has 5 heteroatoms. The molecular formula is C16H22Cl2N2O. The minimum absolute atomic E-state index is 0.118. The molecule has 1 saturated heterocycles. The van der Waals surface area contributed by atoms with Crippen molar-refractivity contribution >= 4 is 29.1 Å². The van der Waals surface area contributed by atoms with E-state index in [0.717, 1.165) is 18.7 Å². The van der Waals surface area contributed by atoms with Crippen molar-refractivity contribution in [3.63, 3.8) is 0 Å². The predicted molar refractivity (Wildman–Crippen MR) is 88.1 cm³/mol. The third-order valence-electron chi connectivity index (χ3n) is 4.17. The van der Waals surface area contributed by atoms with Crippen LogP contribution in [0.25, 0.3) is 0 Å². The van der Waals surface area contributed by atoms with Crippen molar-refractivity contribution in [1.29, 1.82) is 0 Å². The number of likely N-dealkylation sites (tertiary alicyclic amines) is 1. The van der Waals surface area contributed by atoms with Gasteiger partial charge in [-0.2, -0.15) is 0 Å². The molecule has 2 rings (SSSR count). The van der Waals surface area contributed by atoms with Gasteiger partial charge < -0.3 is 9.80 Å². The Morgan fingerprint density at radius 2 is 2.10 bits per heavy atom. The molecule has 1 heterocycles. The summed E-state index contributed by atoms with van der Waals surface area (Å²) in [5.74, 6) is 0.118. The highest BCUT2D eigenvalue weighted by Gasteiger charge is 2.22. The number of carbonyl (C=O) groups is 1. The van der Waals surface area contributed by atoms with Gasteiger partial charge in [-0.05, 0) is 44.1 Å². The van der Waals surface area contributed by atoms with Crippen LogP contribution in [0.15, 0.2) is 18.2 Å². The van der Waals surface area contributed by atoms with Gasteiger partial charge in [0.15, 0.2) is 0 Å². The van der Waals surface area contributed by atoms with E-state index in [1.807, 2.05) is 18.0 Å². The molecule has 21 heavy (non-hydrogen) atoms. The van der Waals surface area contributed by atoms with Crippen LogP contribution in [0.1, 0.15) is 24.8 Å². The molecule has 1 fully saturated rings. The molecule has 1 atom stereocenters. The van der Waals surface area contributed by atoms with Crippen LogP contribution in [-0.4, -0.2) is 48.9 Å². The zero-order valence-corrected chi connectivity index (χ0v) is 14.1. The van der Waals surface area contributed by atoms with Crippen molar-refractivity contribution in [3.05, 3.63) is 33.8 Å². The second-order valence-corrected chi connectivity index (χ2v) is 6.64. The number of hydrogen-bond donors (Lipinski definition) is 0. The number of piperidine rings is 1. The number of benzene rings is 1. The van der Waals surface area contributed by atoms with E-state index >= 15 is 0 Å². The van der Waals surface area contributed by atoms with E-state index < -0.39 is 0 Å². The number of halogens is 2. The van der Waals surface area contributed by atoms with E-state index in [2.05, 4.69) is 11.9 Å². The highest BCUT2D eigenvalue weighted by atomic mass is 35.5. The average molecular weight is 329 g/mol. The van der Waals surface area contributed by atoms with Crippen molar-refractivity contribution < 1.29 is 4.79 Å². The Morgan fingerprint density at radius 3 is 2.76 bits per heavy atom. The number of likely N-dealkylation sites (N-methyl/N-ethyl adjacent to an activating group) is 2. The Labute approximate surface area is 136 Å². The van der Waals surface area contributed by atoms with Gasteiger partial charge in [0.25, 0.3) is 0 Å². The average Bonchev–Trinajstić information content (AvgIpc) is 2.45. The van der Waals surface area contributed by atoms with Gasteiger partial charge >= 0.3 is 0 Å². The lowest BCUT2D eigenvalue weighted by atomic mass is 10.0. The summed E-state index contributed by atoms with van der Waals surface area (Å²) in [6, 6.07) is 5.83. The molecule has 0 bridgehead atoms. The van der Waals surface area contributed by atoms with Crippen molar-refractivity contribution in [3.8, 4) is 0 Å². The number of rotatable bonds is 4. The SMILES string of the molecule is CN(C[C@H]1CCCCN1C)C(=O)Cc1ccc(Cl)c(Cl)c1. The Kier molecular flexibility index (Phi) is 5.91. The molecule has 1 amide bonds. The van der Waals surface area contributed by atoms with Gasteiger partial charge in [-0.3, -0.25) is 4.79 Å². The van der Waals surface area contributed by atoms with Crippen molar-refractivity contribution in [1.82, 2.24) is 9.80 Å². The first-order valence-electron chi connectivity index (χ1n) is 7.35. The Hall–Kier alpha value is -0.770. The van der Waals surface area contributed by atoms with E-state index in [1.54, 1.807) is 12.1 Å². The van der Waals surface area contributed by atoms with E-state index in [-0.39, 0.29) is 5.91 Å². The first-order valence-corrected chi connectivity index (χ1v) is 8.11. The summed E-state index contributed by atoms with van der Waals surface area (Å²) in [6.07, 6.45) is 4.04. The molecule has 0 spiro atoms. The van der Waals surface area contributed by atoms with Crippen LogP contribution in [0, 0.1) is 0 Å². The third-order valence-corrected chi connectivity index (χ3v) is 4.91. The Morgan fingerprint density at radius 1 is 1.33 bits per heavy atom. The summed E-state index contributed by atoms with van der Waals surface area (Å²) in [6.45, 7) is 1.91. The van der Waals surface area contributed by atoms with Crippen LogP contribution < -0.4 is 0 Å². The van der Waals surface area contributed by atoms with Gasteiger partial charge in [-0.25, -0.2) is 0 Å². The van der Waals surface area contributed by atoms with Crippen LogP contribution in [0.2, 0.25) is 10.0 Å². The van der Waals surface area contributed by atoms with Gasteiger partial charge in [-0.1, -0.05) is 35.7 Å². The van der Waals surface area contributed by atoms with Crippen LogP contribution in [0.3, 0.4) is 0 Å². The third kappa shape index (κ3) is 4.60. The van der Waals surface area contributed by atoms with Gasteiger partial charge in [-0.15, -0.1) is 0 Å². The number of carbonyl (C=O) groups excluding carboxylic acids is 1. The van der Waals surface area contributed by atoms with Crippen LogP contribution in [-0.2, 0) is 11.2 Å². The molecule has 1 aliphatic heterocycles. The summed E-state index contributed by atoms with van der Waals surface area (Å²) >= 11 is 11.9. The van der Waals surface area contributed by atoms with Crippen LogP contribution in [0.4, 0.5) is 0 Å². The minimum atomic E-state index is 0.118. The predicted octanol–water partition coefficient (Wildman–Crippen LogP) is 3.48. The van der Waals surface area contributed by atoms with E-state index in [0.29, 0.717) is 22.5 Å². The molecule has 1 aromatic carbocycles. The Bertz CT molecular complexity index is 507. The molecule has 116 valence electrons. The lowest BCUT2D eigenvalue weighted by Crippen LogP contribution is -2.45. The fourth-order valence-corrected chi connectivity index (χ4v) is 3.07. The minimum Gasteiger partial charge on any atom is -0.344 e. The van der Waals surface area contributed by atoms with Gasteiger partial charge in [0.1, 0.15) is 0 Å². The molecule has 0 radical (unpaired) electrons. The smallest absolute Gasteiger partial charge is 0.226 e. The number of nitrogens with zero attached hydrogens (tertiary/aromatic N) is 2. The van der Waals surface area contributed by atoms with Gasteiger partial charge in [0, 0.05) is 19.6 Å². The van der Waals surface area contributed by atoms with Gasteiger partial charge in [0.2, 0.25) is 5.91 Å². The van der Waals surface area contributed by atoms with Gasteiger partial charge in [0.05, 0.1) is 16.5 Å². The zero-order valence-electron chi connectivity index (χ0n) is 12.6. The zero-order chi connectivity index (χ0) is 15.4. The molecule has 0 unspecified atom stereocenters. The van der Waals surface area contributed by atoms with Crippen molar-refractivity contribution in [2.75, 3.05) is 27.2 Å². The second-order valence-electron chi connectivity index (χ2n) is 5.83. The molecule has 0 aliphatic carbocycles. The first kappa shape index (κ1) is 16.6. The van der Waals surface area contributed by atoms with Crippen molar-refractivity contribution in [2.45, 2.75) is 31.7 Å². The largest absolute Gasteiger partial charge is 0.344 e. The monoisotopic (exact) mass is 328 g/mol. The lowest BCUT2D eigenvalue weighted by molar-refractivity contribution is -0.130. The van der Waals surface area contributed by atoms with E-state index in [9.17, 15) is 4.79 Å². The summed E-state index contributed by atoms with van der Waals surface area (Å²) in [5, 5.41) is 1.02. The fraction of sp³-hybridized carbons (Fsp3) is 0.562. The summed E-state index contributed by atoms with van der Waals surface area (Å²) in [7, 11) is 4.02. The molecule has 3 nitrogen and oxygen atoms in total. The number of hydrogen-bond acceptors (Lipinski definition) is 2. The quantitative estimate of drug-likeness (QED) is 0.844. The standard InChI is InChI=1S/C16H22Cl2N2O/c1-19-8-4-3-5-13(19)11-20(2)16(21)10-12-6-7-14(17)15(18)9-12/h6-7,9,13H,3-5,8,10-11H2,1-2H3/t13-/m1/s1. The Balaban J connectivity index is 1.91. The summed E-state index contributed by atoms with van der Waals surface area (Å²) in [4.78, 5) is 16.5. The summed E-state index contributed by atoms with van der Waals surface area (Å²) < 4.78 is 0. The van der Waals surface area contributed by atoms with E-state index in [1.165, 1.54) is 19.3 Å². The maximum Gasteiger partial charge on any atom is 0.226 e. The highest BCUT2D eigenvalue weighted by molar-refractivity contribution is 6.42. The molecule has 1 aliphatic rings. The van der Waals surface area contributed by atoms with Crippen LogP contribution >= 0.6 is 23.2 Å². The normalized spacial score (nSPS) is 19.5.